The van der Waals surface area contributed by atoms with Crippen molar-refractivity contribution in [3.05, 3.63) is 58.1 Å². The van der Waals surface area contributed by atoms with Crippen LogP contribution in [0.2, 0.25) is 5.02 Å². The first-order valence-electron chi connectivity index (χ1n) is 9.77. The number of nitrogens with zero attached hydrogens (tertiary/aromatic N) is 1. The van der Waals surface area contributed by atoms with E-state index >= 15 is 0 Å². The van der Waals surface area contributed by atoms with Gasteiger partial charge >= 0.3 is 0 Å². The molecule has 27 heavy (non-hydrogen) atoms. The van der Waals surface area contributed by atoms with Crippen molar-refractivity contribution in [2.75, 3.05) is 20.8 Å². The Morgan fingerprint density at radius 3 is 2.48 bits per heavy atom. The zero-order valence-corrected chi connectivity index (χ0v) is 17.3. The Balaban J connectivity index is 2.03. The molecular weight excluding hydrogens is 358 g/mol. The Morgan fingerprint density at radius 2 is 1.78 bits per heavy atom. The summed E-state index contributed by atoms with van der Waals surface area (Å²) in [6.07, 6.45) is 5.72. The van der Waals surface area contributed by atoms with Crippen molar-refractivity contribution in [3.8, 4) is 11.5 Å². The van der Waals surface area contributed by atoms with Gasteiger partial charge in [0, 0.05) is 24.0 Å². The van der Waals surface area contributed by atoms with E-state index in [1.54, 1.807) is 14.2 Å². The minimum absolute atomic E-state index is 0.795. The molecule has 2 aromatic carbocycles. The highest BCUT2D eigenvalue weighted by Crippen LogP contribution is 2.33. The molecule has 0 saturated heterocycles. The van der Waals surface area contributed by atoms with Crippen LogP contribution < -0.4 is 9.47 Å². The second kappa shape index (κ2) is 9.27. The van der Waals surface area contributed by atoms with Crippen LogP contribution in [0.15, 0.2) is 36.4 Å². The summed E-state index contributed by atoms with van der Waals surface area (Å²) in [5, 5.41) is 0.837. The van der Waals surface area contributed by atoms with Crippen LogP contribution in [0.1, 0.15) is 49.3 Å². The van der Waals surface area contributed by atoms with E-state index < -0.39 is 0 Å². The molecule has 144 valence electrons. The lowest BCUT2D eigenvalue weighted by atomic mass is 9.92. The van der Waals surface area contributed by atoms with E-state index in [2.05, 4.69) is 35.8 Å². The molecule has 3 nitrogen and oxygen atoms in total. The number of unbranched alkanes of at least 4 members (excludes halogenated alkanes) is 2. The highest BCUT2D eigenvalue weighted by Gasteiger charge is 2.28. The molecule has 0 aromatic heterocycles. The lowest BCUT2D eigenvalue weighted by Gasteiger charge is -2.21. The first kappa shape index (κ1) is 19.8. The molecule has 1 aliphatic rings. The fraction of sp³-hybridized carbons (Fsp3) is 0.435. The van der Waals surface area contributed by atoms with Gasteiger partial charge < -0.3 is 9.47 Å². The molecule has 1 heterocycles. The van der Waals surface area contributed by atoms with Crippen LogP contribution in [0.25, 0.3) is 0 Å². The summed E-state index contributed by atoms with van der Waals surface area (Å²) >= 11 is 6.43. The van der Waals surface area contributed by atoms with E-state index in [1.165, 1.54) is 41.7 Å². The zero-order chi connectivity index (χ0) is 19.2. The van der Waals surface area contributed by atoms with Crippen LogP contribution in [-0.2, 0) is 13.0 Å². The number of ether oxygens (including phenoxy) is 2. The van der Waals surface area contributed by atoms with Gasteiger partial charge in [-0.05, 0) is 30.2 Å². The smallest absolute Gasteiger partial charge is 0.184 e. The number of hydrogen-bond acceptors (Lipinski definition) is 2. The fourth-order valence-electron chi connectivity index (χ4n) is 3.80. The highest BCUT2D eigenvalue weighted by atomic mass is 35.5. The van der Waals surface area contributed by atoms with Crippen LogP contribution >= 0.6 is 11.6 Å². The van der Waals surface area contributed by atoms with E-state index in [0.717, 1.165) is 42.5 Å². The molecule has 0 bridgehead atoms. The summed E-state index contributed by atoms with van der Waals surface area (Å²) in [6, 6.07) is 12.4. The molecule has 3 rings (SSSR count). The molecule has 1 aliphatic heterocycles. The normalized spacial score (nSPS) is 13.5. The van der Waals surface area contributed by atoms with E-state index in [1.807, 2.05) is 12.1 Å². The Labute approximate surface area is 167 Å². The first-order valence-corrected chi connectivity index (χ1v) is 10.1. The topological polar surface area (TPSA) is 21.5 Å². The van der Waals surface area contributed by atoms with Gasteiger partial charge in [-0.1, -0.05) is 49.6 Å². The Bertz CT molecular complexity index is 829. The predicted molar refractivity (Wildman–Crippen MR) is 112 cm³/mol. The van der Waals surface area contributed by atoms with Crippen molar-refractivity contribution in [2.24, 2.45) is 0 Å². The molecule has 0 saturated carbocycles. The monoisotopic (exact) mass is 386 g/mol. The average molecular weight is 387 g/mol. The second-order valence-electron chi connectivity index (χ2n) is 7.03. The maximum atomic E-state index is 6.43. The third-order valence-corrected chi connectivity index (χ3v) is 5.66. The molecule has 2 aromatic rings. The minimum Gasteiger partial charge on any atom is -0.493 e. The van der Waals surface area contributed by atoms with Crippen molar-refractivity contribution in [1.82, 2.24) is 0 Å². The third kappa shape index (κ3) is 4.47. The van der Waals surface area contributed by atoms with Gasteiger partial charge in [-0.2, -0.15) is 0 Å². The summed E-state index contributed by atoms with van der Waals surface area (Å²) in [5.74, 6) is 1.60. The van der Waals surface area contributed by atoms with Crippen molar-refractivity contribution >= 4 is 17.3 Å². The van der Waals surface area contributed by atoms with E-state index in [9.17, 15) is 0 Å². The van der Waals surface area contributed by atoms with Crippen LogP contribution in [0.5, 0.6) is 11.5 Å². The Morgan fingerprint density at radius 1 is 1.04 bits per heavy atom. The first-order chi connectivity index (χ1) is 13.2. The van der Waals surface area contributed by atoms with Gasteiger partial charge in [0.05, 0.1) is 19.2 Å². The molecule has 4 heteroatoms. The minimum atomic E-state index is 0.795. The van der Waals surface area contributed by atoms with Crippen LogP contribution in [-0.4, -0.2) is 31.1 Å². The molecule has 0 atom stereocenters. The Hall–Kier alpha value is -2.00. The second-order valence-corrected chi connectivity index (χ2v) is 7.44. The van der Waals surface area contributed by atoms with Crippen LogP contribution in [0.3, 0.4) is 0 Å². The van der Waals surface area contributed by atoms with Crippen molar-refractivity contribution < 1.29 is 14.0 Å². The van der Waals surface area contributed by atoms with E-state index in [0.29, 0.717) is 0 Å². The summed E-state index contributed by atoms with van der Waals surface area (Å²) in [5.41, 5.74) is 5.21. The molecule has 0 aliphatic carbocycles. The van der Waals surface area contributed by atoms with Crippen LogP contribution in [0.4, 0.5) is 0 Å². The molecule has 0 spiro atoms. The van der Waals surface area contributed by atoms with Gasteiger partial charge in [-0.3, -0.25) is 0 Å². The number of halogens is 1. The van der Waals surface area contributed by atoms with Gasteiger partial charge in [0.25, 0.3) is 0 Å². The lowest BCUT2D eigenvalue weighted by Crippen LogP contribution is -2.30. The lowest BCUT2D eigenvalue weighted by molar-refractivity contribution is -0.545. The van der Waals surface area contributed by atoms with Crippen molar-refractivity contribution in [2.45, 2.75) is 45.6 Å². The average Bonchev–Trinajstić information content (AvgIpc) is 2.70. The maximum absolute atomic E-state index is 6.43. The maximum Gasteiger partial charge on any atom is 0.184 e. The number of hydrogen-bond donors (Lipinski definition) is 0. The molecule has 0 fully saturated rings. The summed E-state index contributed by atoms with van der Waals surface area (Å²) < 4.78 is 13.6. The molecule has 0 radical (unpaired) electrons. The Kier molecular flexibility index (Phi) is 6.78. The van der Waals surface area contributed by atoms with Gasteiger partial charge in [-0.15, -0.1) is 0 Å². The van der Waals surface area contributed by atoms with E-state index in [4.69, 9.17) is 21.1 Å². The number of rotatable bonds is 8. The van der Waals surface area contributed by atoms with Crippen molar-refractivity contribution in [1.29, 1.82) is 0 Å². The number of methoxy groups -OCH3 is 2. The van der Waals surface area contributed by atoms with Crippen LogP contribution in [0, 0.1) is 0 Å². The van der Waals surface area contributed by atoms with E-state index in [-0.39, 0.29) is 0 Å². The van der Waals surface area contributed by atoms with Gasteiger partial charge in [0.2, 0.25) is 0 Å². The summed E-state index contributed by atoms with van der Waals surface area (Å²) in [7, 11) is 3.40. The third-order valence-electron chi connectivity index (χ3n) is 5.29. The zero-order valence-electron chi connectivity index (χ0n) is 16.6. The largest absolute Gasteiger partial charge is 0.493 e. The molecule has 0 amide bonds. The summed E-state index contributed by atoms with van der Waals surface area (Å²) in [4.78, 5) is 0. The van der Waals surface area contributed by atoms with Gasteiger partial charge in [0.1, 0.15) is 6.54 Å². The highest BCUT2D eigenvalue weighted by molar-refractivity contribution is 6.31. The van der Waals surface area contributed by atoms with Crippen molar-refractivity contribution in [3.63, 3.8) is 0 Å². The fourth-order valence-corrected chi connectivity index (χ4v) is 3.99. The van der Waals surface area contributed by atoms with Gasteiger partial charge in [0.15, 0.2) is 23.8 Å². The number of benzene rings is 2. The standard InChI is InChI=1S/C23H29ClNO2/c1-4-5-6-11-21-19-15-23(27-3)22(26-2)14-17(19)12-13-25(21)16-18-9-7-8-10-20(18)24/h7-10,14-15H,4-6,11-13,16H2,1-3H3/q+1. The SMILES string of the molecule is CCCCCC1=[N+](Cc2ccccc2Cl)CCc2cc(OC)c(OC)cc21. The van der Waals surface area contributed by atoms with Gasteiger partial charge in [-0.25, -0.2) is 4.58 Å². The molecule has 0 N–H and O–H groups in total. The quantitative estimate of drug-likeness (QED) is 0.441. The summed E-state index contributed by atoms with van der Waals surface area (Å²) in [6.45, 7) is 4.08. The molecule has 0 unspecified atom stereocenters. The number of fused-ring (bicyclic) bond motifs is 1. The molecular formula is C23H29ClNO2+. The predicted octanol–water partition coefficient (Wildman–Crippen LogP) is 5.50.